The van der Waals surface area contributed by atoms with Crippen molar-refractivity contribution < 1.29 is 4.74 Å². The van der Waals surface area contributed by atoms with Gasteiger partial charge in [-0.05, 0) is 47.6 Å². The van der Waals surface area contributed by atoms with Gasteiger partial charge in [0.15, 0.2) is 0 Å². The first-order chi connectivity index (χ1) is 8.16. The van der Waals surface area contributed by atoms with E-state index in [9.17, 15) is 0 Å². The van der Waals surface area contributed by atoms with Gasteiger partial charge in [0.1, 0.15) is 0 Å². The van der Waals surface area contributed by atoms with Crippen molar-refractivity contribution in [2.45, 2.75) is 52.3 Å². The van der Waals surface area contributed by atoms with Crippen LogP contribution in [0.1, 0.15) is 37.8 Å². The van der Waals surface area contributed by atoms with Crippen molar-refractivity contribution in [1.82, 2.24) is 5.32 Å². The minimum Gasteiger partial charge on any atom is -0.378 e. The fourth-order valence-electron chi connectivity index (χ4n) is 2.30. The van der Waals surface area contributed by atoms with Crippen molar-refractivity contribution >= 4 is 11.3 Å². The largest absolute Gasteiger partial charge is 0.378 e. The topological polar surface area (TPSA) is 21.3 Å². The van der Waals surface area contributed by atoms with Crippen LogP contribution in [-0.2, 0) is 11.3 Å². The van der Waals surface area contributed by atoms with E-state index in [-0.39, 0.29) is 0 Å². The fourth-order valence-corrected chi connectivity index (χ4v) is 3.16. The molecule has 96 valence electrons. The molecule has 17 heavy (non-hydrogen) atoms. The SMILES string of the molecule is Cc1cscc1CNC1CCOC(C(C)C)C1. The maximum absolute atomic E-state index is 5.79. The molecule has 1 N–H and O–H groups in total. The van der Waals surface area contributed by atoms with Crippen molar-refractivity contribution in [1.29, 1.82) is 0 Å². The van der Waals surface area contributed by atoms with Crippen LogP contribution >= 0.6 is 11.3 Å². The van der Waals surface area contributed by atoms with Crippen LogP contribution in [0.2, 0.25) is 0 Å². The predicted molar refractivity (Wildman–Crippen MR) is 73.5 cm³/mol. The molecule has 0 amide bonds. The van der Waals surface area contributed by atoms with E-state index in [1.807, 2.05) is 0 Å². The molecule has 2 unspecified atom stereocenters. The van der Waals surface area contributed by atoms with E-state index in [0.29, 0.717) is 18.1 Å². The summed E-state index contributed by atoms with van der Waals surface area (Å²) in [6.07, 6.45) is 2.73. The molecular weight excluding hydrogens is 230 g/mol. The highest BCUT2D eigenvalue weighted by molar-refractivity contribution is 7.08. The van der Waals surface area contributed by atoms with Gasteiger partial charge in [-0.25, -0.2) is 0 Å². The third kappa shape index (κ3) is 3.54. The van der Waals surface area contributed by atoms with E-state index in [2.05, 4.69) is 36.8 Å². The van der Waals surface area contributed by atoms with E-state index in [1.165, 1.54) is 11.1 Å². The average Bonchev–Trinajstić information content (AvgIpc) is 2.72. The summed E-state index contributed by atoms with van der Waals surface area (Å²) in [7, 11) is 0. The van der Waals surface area contributed by atoms with Crippen LogP contribution in [0, 0.1) is 12.8 Å². The first-order valence-corrected chi connectivity index (χ1v) is 7.47. The number of thiophene rings is 1. The highest BCUT2D eigenvalue weighted by Crippen LogP contribution is 2.21. The van der Waals surface area contributed by atoms with Crippen LogP contribution in [-0.4, -0.2) is 18.8 Å². The lowest BCUT2D eigenvalue weighted by Crippen LogP contribution is -2.40. The molecule has 0 radical (unpaired) electrons. The minimum absolute atomic E-state index is 0.435. The standard InChI is InChI=1S/C14H23NOS/c1-10(2)14-6-13(4-5-16-14)15-7-12-9-17-8-11(12)3/h8-10,13-15H,4-7H2,1-3H3. The second kappa shape index (κ2) is 5.98. The Morgan fingerprint density at radius 3 is 2.94 bits per heavy atom. The van der Waals surface area contributed by atoms with E-state index < -0.39 is 0 Å². The quantitative estimate of drug-likeness (QED) is 0.888. The molecule has 1 fully saturated rings. The lowest BCUT2D eigenvalue weighted by molar-refractivity contribution is -0.0245. The van der Waals surface area contributed by atoms with Crippen molar-refractivity contribution in [3.63, 3.8) is 0 Å². The summed E-state index contributed by atoms with van der Waals surface area (Å²) in [5.74, 6) is 0.627. The predicted octanol–water partition coefficient (Wildman–Crippen LogP) is 3.35. The summed E-state index contributed by atoms with van der Waals surface area (Å²) >= 11 is 1.79. The Hall–Kier alpha value is -0.380. The van der Waals surface area contributed by atoms with Crippen LogP contribution in [0.5, 0.6) is 0 Å². The van der Waals surface area contributed by atoms with Crippen LogP contribution in [0.3, 0.4) is 0 Å². The number of rotatable bonds is 4. The summed E-state index contributed by atoms with van der Waals surface area (Å²) < 4.78 is 5.79. The van der Waals surface area contributed by atoms with Gasteiger partial charge in [-0.1, -0.05) is 13.8 Å². The van der Waals surface area contributed by atoms with Gasteiger partial charge >= 0.3 is 0 Å². The molecule has 0 spiro atoms. The zero-order valence-corrected chi connectivity index (χ0v) is 11.8. The summed E-state index contributed by atoms with van der Waals surface area (Å²) in [5.41, 5.74) is 2.86. The highest BCUT2D eigenvalue weighted by atomic mass is 32.1. The zero-order valence-electron chi connectivity index (χ0n) is 11.0. The molecule has 0 saturated carbocycles. The molecule has 1 aromatic heterocycles. The van der Waals surface area contributed by atoms with Gasteiger partial charge in [0, 0.05) is 19.2 Å². The third-order valence-corrected chi connectivity index (χ3v) is 4.51. The van der Waals surface area contributed by atoms with Crippen molar-refractivity contribution in [2.24, 2.45) is 5.92 Å². The Kier molecular flexibility index (Phi) is 4.60. The number of ether oxygens (including phenoxy) is 1. The summed E-state index contributed by atoms with van der Waals surface area (Å²) in [6, 6.07) is 0.621. The van der Waals surface area contributed by atoms with Crippen LogP contribution < -0.4 is 5.32 Å². The van der Waals surface area contributed by atoms with Gasteiger partial charge in [-0.15, -0.1) is 0 Å². The molecule has 0 aliphatic carbocycles. The fraction of sp³-hybridized carbons (Fsp3) is 0.714. The second-order valence-electron chi connectivity index (χ2n) is 5.34. The molecule has 1 aliphatic rings. The smallest absolute Gasteiger partial charge is 0.0612 e. The molecule has 2 nitrogen and oxygen atoms in total. The number of nitrogens with one attached hydrogen (secondary N) is 1. The minimum atomic E-state index is 0.435. The Bertz CT molecular complexity index is 348. The average molecular weight is 253 g/mol. The van der Waals surface area contributed by atoms with Gasteiger partial charge in [0.2, 0.25) is 0 Å². The normalized spacial score (nSPS) is 25.4. The van der Waals surface area contributed by atoms with Crippen LogP contribution in [0.15, 0.2) is 10.8 Å². The highest BCUT2D eigenvalue weighted by Gasteiger charge is 2.24. The number of hydrogen-bond acceptors (Lipinski definition) is 3. The molecule has 1 saturated heterocycles. The van der Waals surface area contributed by atoms with Gasteiger partial charge in [0.05, 0.1) is 6.10 Å². The molecule has 0 aromatic carbocycles. The summed E-state index contributed by atoms with van der Waals surface area (Å²) in [6.45, 7) is 8.59. The first-order valence-electron chi connectivity index (χ1n) is 6.53. The van der Waals surface area contributed by atoms with Crippen LogP contribution in [0.4, 0.5) is 0 Å². The maximum Gasteiger partial charge on any atom is 0.0612 e. The molecule has 2 rings (SSSR count). The Morgan fingerprint density at radius 2 is 2.29 bits per heavy atom. The van der Waals surface area contributed by atoms with Gasteiger partial charge in [-0.2, -0.15) is 11.3 Å². The molecule has 3 heteroatoms. The summed E-state index contributed by atoms with van der Waals surface area (Å²) in [4.78, 5) is 0. The van der Waals surface area contributed by atoms with E-state index in [1.54, 1.807) is 11.3 Å². The second-order valence-corrected chi connectivity index (χ2v) is 6.08. The molecule has 2 atom stereocenters. The lowest BCUT2D eigenvalue weighted by Gasteiger charge is -2.32. The summed E-state index contributed by atoms with van der Waals surface area (Å²) in [5, 5.41) is 8.15. The van der Waals surface area contributed by atoms with Crippen molar-refractivity contribution in [3.05, 3.63) is 21.9 Å². The molecule has 1 aliphatic heterocycles. The number of aryl methyl sites for hydroxylation is 1. The monoisotopic (exact) mass is 253 g/mol. The molecule has 2 heterocycles. The third-order valence-electron chi connectivity index (χ3n) is 3.60. The molecule has 0 bridgehead atoms. The van der Waals surface area contributed by atoms with Gasteiger partial charge < -0.3 is 10.1 Å². The number of hydrogen-bond donors (Lipinski definition) is 1. The zero-order chi connectivity index (χ0) is 12.3. The first kappa shape index (κ1) is 13.1. The van der Waals surface area contributed by atoms with E-state index in [0.717, 1.165) is 26.0 Å². The maximum atomic E-state index is 5.79. The Morgan fingerprint density at radius 1 is 1.47 bits per heavy atom. The van der Waals surface area contributed by atoms with Crippen molar-refractivity contribution in [3.8, 4) is 0 Å². The molecule has 1 aromatic rings. The van der Waals surface area contributed by atoms with Gasteiger partial charge in [0.25, 0.3) is 0 Å². The Labute approximate surface area is 108 Å². The van der Waals surface area contributed by atoms with E-state index >= 15 is 0 Å². The van der Waals surface area contributed by atoms with E-state index in [4.69, 9.17) is 4.74 Å². The van der Waals surface area contributed by atoms with Gasteiger partial charge in [-0.3, -0.25) is 0 Å². The van der Waals surface area contributed by atoms with Crippen molar-refractivity contribution in [2.75, 3.05) is 6.61 Å². The lowest BCUT2D eigenvalue weighted by atomic mass is 9.95. The molecular formula is C14H23NOS. The Balaban J connectivity index is 1.81. The van der Waals surface area contributed by atoms with Crippen LogP contribution in [0.25, 0.3) is 0 Å².